The van der Waals surface area contributed by atoms with Crippen molar-refractivity contribution in [2.75, 3.05) is 0 Å². The van der Waals surface area contributed by atoms with Crippen LogP contribution in [0.1, 0.15) is 6.42 Å². The average molecular weight is 392 g/mol. The first-order valence-electron chi connectivity index (χ1n) is 3.63. The molecule has 1 aromatic carbocycles. The molecule has 0 saturated carbocycles. The van der Waals surface area contributed by atoms with Crippen molar-refractivity contribution in [1.82, 2.24) is 0 Å². The molecule has 72 valence electrons. The van der Waals surface area contributed by atoms with Crippen LogP contribution >= 0.6 is 0 Å². The minimum Gasteiger partial charge on any atom is -1.00 e. The van der Waals surface area contributed by atoms with Gasteiger partial charge in [0.2, 0.25) is 0 Å². The van der Waals surface area contributed by atoms with Gasteiger partial charge in [-0.25, -0.2) is 12.2 Å². The van der Waals surface area contributed by atoms with Crippen LogP contribution in [0, 0.1) is 12.1 Å². The summed E-state index contributed by atoms with van der Waals surface area (Å²) in [6.45, 7) is 0. The molecule has 0 heterocycles. The Bertz CT molecular complexity index is 196. The van der Waals surface area contributed by atoms with Crippen LogP contribution in [-0.2, 0) is 25.8 Å². The van der Waals surface area contributed by atoms with Gasteiger partial charge in [-0.2, -0.15) is 42.5 Å². The van der Waals surface area contributed by atoms with Crippen molar-refractivity contribution in [1.29, 1.82) is 0 Å². The molecule has 3 heteroatoms. The maximum atomic E-state index is 2.99. The van der Waals surface area contributed by atoms with Crippen molar-refractivity contribution < 1.29 is 50.7 Å². The summed E-state index contributed by atoms with van der Waals surface area (Å²) in [5, 5.41) is 0. The second-order valence-corrected chi connectivity index (χ2v) is 2.08. The fraction of sp³-hybridized carbons (Fsp3) is 0.0909. The molecule has 0 nitrogen and oxygen atoms in total. The number of benzene rings is 1. The largest absolute Gasteiger partial charge is 4.00 e. The maximum absolute atomic E-state index is 2.99. The first-order valence-corrected chi connectivity index (χ1v) is 3.63. The molecular weight excluding hydrogens is 382 g/mol. The van der Waals surface area contributed by atoms with Crippen LogP contribution in [0.2, 0.25) is 0 Å². The molecule has 0 bridgehead atoms. The van der Waals surface area contributed by atoms with E-state index in [0.29, 0.717) is 0 Å². The van der Waals surface area contributed by atoms with Gasteiger partial charge < -0.3 is 24.8 Å². The number of halogens is 2. The number of rotatable bonds is 0. The van der Waals surface area contributed by atoms with E-state index in [1.165, 1.54) is 0 Å². The van der Waals surface area contributed by atoms with E-state index in [2.05, 4.69) is 18.2 Å². The van der Waals surface area contributed by atoms with Crippen LogP contribution in [0.5, 0.6) is 0 Å². The second-order valence-electron chi connectivity index (χ2n) is 2.08. The zero-order valence-corrected chi connectivity index (χ0v) is 12.7. The summed E-state index contributed by atoms with van der Waals surface area (Å²) in [5.41, 5.74) is 0. The smallest absolute Gasteiger partial charge is 1.00 e. The molecule has 0 N–H and O–H groups in total. The van der Waals surface area contributed by atoms with Crippen molar-refractivity contribution in [2.24, 2.45) is 0 Å². The molecule has 0 aromatic heterocycles. The minimum atomic E-state index is 0. The van der Waals surface area contributed by atoms with Gasteiger partial charge in [0.05, 0.1) is 0 Å². The van der Waals surface area contributed by atoms with E-state index in [9.17, 15) is 0 Å². The van der Waals surface area contributed by atoms with Gasteiger partial charge in [0.25, 0.3) is 0 Å². The molecule has 0 saturated heterocycles. The predicted molar refractivity (Wildman–Crippen MR) is 46.8 cm³/mol. The van der Waals surface area contributed by atoms with Crippen LogP contribution in [0.25, 0.3) is 0 Å². The Labute approximate surface area is 117 Å². The molecule has 1 aliphatic rings. The van der Waals surface area contributed by atoms with Gasteiger partial charge in [0.15, 0.2) is 0 Å². The van der Waals surface area contributed by atoms with E-state index in [1.807, 2.05) is 42.5 Å². The zero-order chi connectivity index (χ0) is 7.78. The maximum Gasteiger partial charge on any atom is 4.00 e. The summed E-state index contributed by atoms with van der Waals surface area (Å²) >= 11 is 0. The van der Waals surface area contributed by atoms with Gasteiger partial charge in [-0.3, -0.25) is 6.08 Å². The Morgan fingerprint density at radius 3 is 1.71 bits per heavy atom. The molecular formula is C11H10Cl2Hf. The Morgan fingerprint density at radius 1 is 0.929 bits per heavy atom. The van der Waals surface area contributed by atoms with Crippen molar-refractivity contribution >= 4 is 0 Å². The molecule has 0 aliphatic heterocycles. The van der Waals surface area contributed by atoms with E-state index < -0.39 is 0 Å². The molecule has 1 aliphatic carbocycles. The quantitative estimate of drug-likeness (QED) is 0.323. The topological polar surface area (TPSA) is 0 Å². The SMILES string of the molecule is [C-]1=CC=CC1.[Cl-].[Cl-].[Hf+4].[c-]1ccccc1. The zero-order valence-electron chi connectivity index (χ0n) is 7.58. The van der Waals surface area contributed by atoms with Crippen molar-refractivity contribution in [2.45, 2.75) is 6.42 Å². The van der Waals surface area contributed by atoms with E-state index in [4.69, 9.17) is 0 Å². The summed E-state index contributed by atoms with van der Waals surface area (Å²) < 4.78 is 0. The average Bonchev–Trinajstić information content (AvgIpc) is 2.64. The summed E-state index contributed by atoms with van der Waals surface area (Å²) in [4.78, 5) is 0. The molecule has 0 spiro atoms. The monoisotopic (exact) mass is 392 g/mol. The van der Waals surface area contributed by atoms with Gasteiger partial charge in [-0.15, -0.1) is 6.42 Å². The Hall–Kier alpha value is 0.150. The molecule has 1 aromatic rings. The van der Waals surface area contributed by atoms with E-state index >= 15 is 0 Å². The number of hydrogen-bond acceptors (Lipinski definition) is 0. The Balaban J connectivity index is -0.000000144. The first-order chi connectivity index (χ1) is 5.50. The number of allylic oxidation sites excluding steroid dienone is 4. The molecule has 2 rings (SSSR count). The minimum absolute atomic E-state index is 0. The Kier molecular flexibility index (Phi) is 22.0. The van der Waals surface area contributed by atoms with Gasteiger partial charge in [-0.05, 0) is 0 Å². The number of hydrogen-bond donors (Lipinski definition) is 0. The third-order valence-corrected chi connectivity index (χ3v) is 1.19. The summed E-state index contributed by atoms with van der Waals surface area (Å²) in [7, 11) is 0. The van der Waals surface area contributed by atoms with Gasteiger partial charge >= 0.3 is 25.8 Å². The van der Waals surface area contributed by atoms with Crippen molar-refractivity contribution in [3.05, 3.63) is 60.7 Å². The molecule has 14 heavy (non-hydrogen) atoms. The van der Waals surface area contributed by atoms with E-state index in [-0.39, 0.29) is 50.7 Å². The van der Waals surface area contributed by atoms with Gasteiger partial charge in [-0.1, -0.05) is 0 Å². The third kappa shape index (κ3) is 12.2. The summed E-state index contributed by atoms with van der Waals surface area (Å²) in [5.74, 6) is 0. The molecule has 0 radical (unpaired) electrons. The second kappa shape index (κ2) is 15.6. The normalized spacial score (nSPS) is 9.71. The summed E-state index contributed by atoms with van der Waals surface area (Å²) in [6, 6.07) is 12.5. The van der Waals surface area contributed by atoms with Crippen LogP contribution in [0.15, 0.2) is 48.6 Å². The standard InChI is InChI=1S/C6H5.C5H5.2ClH.Hf/c1-2-4-6-5-3-1;1-2-4-5-3-1;;;/h1-5H;1-3H,4H2;2*1H;/q2*-1;;;+4/p-2. The first kappa shape index (κ1) is 19.7. The fourth-order valence-electron chi connectivity index (χ4n) is 0.682. The molecule has 0 atom stereocenters. The fourth-order valence-corrected chi connectivity index (χ4v) is 0.682. The van der Waals surface area contributed by atoms with Gasteiger partial charge in [0, 0.05) is 0 Å². The van der Waals surface area contributed by atoms with Crippen LogP contribution in [0.3, 0.4) is 0 Å². The third-order valence-electron chi connectivity index (χ3n) is 1.19. The molecule has 0 fully saturated rings. The Morgan fingerprint density at radius 2 is 1.57 bits per heavy atom. The van der Waals surface area contributed by atoms with Crippen LogP contribution < -0.4 is 24.8 Å². The molecule has 0 unspecified atom stereocenters. The van der Waals surface area contributed by atoms with Crippen LogP contribution in [-0.4, -0.2) is 0 Å². The van der Waals surface area contributed by atoms with Crippen molar-refractivity contribution in [3.8, 4) is 0 Å². The van der Waals surface area contributed by atoms with E-state index in [0.717, 1.165) is 6.42 Å². The van der Waals surface area contributed by atoms with Gasteiger partial charge in [0.1, 0.15) is 0 Å². The summed E-state index contributed by atoms with van der Waals surface area (Å²) in [6.07, 6.45) is 10.0. The van der Waals surface area contributed by atoms with Crippen LogP contribution in [0.4, 0.5) is 0 Å². The van der Waals surface area contributed by atoms with E-state index in [1.54, 1.807) is 0 Å². The predicted octanol–water partition coefficient (Wildman–Crippen LogP) is -3.20. The molecule has 0 amide bonds. The van der Waals surface area contributed by atoms with Crippen molar-refractivity contribution in [3.63, 3.8) is 0 Å².